The number of amides is 1. The lowest BCUT2D eigenvalue weighted by Gasteiger charge is -2.36. The zero-order chi connectivity index (χ0) is 24.2. The summed E-state index contributed by atoms with van der Waals surface area (Å²) >= 11 is 0. The Hall–Kier alpha value is -2.88. The SMILES string of the molecule is CNC(CC(=O)N1CCN(c2nc(N)c3cc(OC)c(OC)c(F)c3n2)CC1)C1CCCCC1. The predicted octanol–water partition coefficient (Wildman–Crippen LogP) is 2.58. The second-order valence-electron chi connectivity index (χ2n) is 9.10. The van der Waals surface area contributed by atoms with Crippen LogP contribution in [-0.4, -0.2) is 74.3 Å². The molecule has 0 radical (unpaired) electrons. The van der Waals surface area contributed by atoms with Crippen LogP contribution in [0.1, 0.15) is 38.5 Å². The first-order chi connectivity index (χ1) is 16.5. The number of piperazine rings is 1. The zero-order valence-electron chi connectivity index (χ0n) is 20.3. The van der Waals surface area contributed by atoms with Gasteiger partial charge in [-0.05, 0) is 31.9 Å². The highest BCUT2D eigenvalue weighted by Gasteiger charge is 2.29. The van der Waals surface area contributed by atoms with Gasteiger partial charge in [0.05, 0.1) is 14.2 Å². The van der Waals surface area contributed by atoms with Crippen LogP contribution in [0.2, 0.25) is 0 Å². The van der Waals surface area contributed by atoms with Crippen LogP contribution in [0.3, 0.4) is 0 Å². The summed E-state index contributed by atoms with van der Waals surface area (Å²) < 4.78 is 25.5. The first kappa shape index (κ1) is 24.3. The highest BCUT2D eigenvalue weighted by Crippen LogP contribution is 2.37. The number of aromatic nitrogens is 2. The van der Waals surface area contributed by atoms with Crippen molar-refractivity contribution >= 4 is 28.6 Å². The summed E-state index contributed by atoms with van der Waals surface area (Å²) in [6.07, 6.45) is 6.72. The number of methoxy groups -OCH3 is 2. The number of fused-ring (bicyclic) bond motifs is 1. The molecule has 186 valence electrons. The van der Waals surface area contributed by atoms with Crippen LogP contribution >= 0.6 is 0 Å². The quantitative estimate of drug-likeness (QED) is 0.631. The van der Waals surface area contributed by atoms with E-state index in [0.29, 0.717) is 49.9 Å². The molecule has 1 aromatic heterocycles. The number of rotatable bonds is 7. The normalized spacial score (nSPS) is 18.2. The Balaban J connectivity index is 1.44. The van der Waals surface area contributed by atoms with Gasteiger partial charge in [0.15, 0.2) is 17.3 Å². The van der Waals surface area contributed by atoms with E-state index in [4.69, 9.17) is 15.2 Å². The van der Waals surface area contributed by atoms with Gasteiger partial charge in [-0.3, -0.25) is 4.79 Å². The van der Waals surface area contributed by atoms with Gasteiger partial charge in [0.1, 0.15) is 11.3 Å². The minimum Gasteiger partial charge on any atom is -0.493 e. The predicted molar refractivity (Wildman–Crippen MR) is 130 cm³/mol. The third-order valence-electron chi connectivity index (χ3n) is 7.19. The van der Waals surface area contributed by atoms with Gasteiger partial charge in [0.25, 0.3) is 0 Å². The molecule has 1 atom stereocenters. The maximum Gasteiger partial charge on any atom is 0.228 e. The first-order valence-corrected chi connectivity index (χ1v) is 12.0. The van der Waals surface area contributed by atoms with Crippen molar-refractivity contribution in [1.82, 2.24) is 20.2 Å². The fourth-order valence-electron chi connectivity index (χ4n) is 5.19. The van der Waals surface area contributed by atoms with E-state index in [2.05, 4.69) is 15.3 Å². The number of nitrogens with one attached hydrogen (secondary N) is 1. The summed E-state index contributed by atoms with van der Waals surface area (Å²) in [6, 6.07) is 1.81. The van der Waals surface area contributed by atoms with E-state index in [9.17, 15) is 4.79 Å². The molecule has 4 rings (SSSR count). The molecule has 1 saturated heterocycles. The fraction of sp³-hybridized carbons (Fsp3) is 0.625. The van der Waals surface area contributed by atoms with Crippen LogP contribution in [0.4, 0.5) is 16.2 Å². The van der Waals surface area contributed by atoms with E-state index in [-0.39, 0.29) is 34.8 Å². The number of carbonyl (C=O) groups excluding carboxylic acids is 1. The van der Waals surface area contributed by atoms with E-state index in [0.717, 1.165) is 0 Å². The van der Waals surface area contributed by atoms with Crippen molar-refractivity contribution in [1.29, 1.82) is 0 Å². The van der Waals surface area contributed by atoms with Gasteiger partial charge in [0.2, 0.25) is 11.9 Å². The summed E-state index contributed by atoms with van der Waals surface area (Å²) in [5.74, 6) is 0.834. The number of benzene rings is 1. The molecular weight excluding hydrogens is 439 g/mol. The molecule has 1 unspecified atom stereocenters. The number of hydrogen-bond acceptors (Lipinski definition) is 8. The van der Waals surface area contributed by atoms with Gasteiger partial charge in [-0.25, -0.2) is 9.37 Å². The molecule has 1 aromatic carbocycles. The van der Waals surface area contributed by atoms with Crippen LogP contribution in [0, 0.1) is 11.7 Å². The number of nitrogens with two attached hydrogens (primary N) is 1. The van der Waals surface area contributed by atoms with Crippen LogP contribution in [-0.2, 0) is 4.79 Å². The molecule has 2 aromatic rings. The van der Waals surface area contributed by atoms with Crippen LogP contribution < -0.4 is 25.4 Å². The highest BCUT2D eigenvalue weighted by atomic mass is 19.1. The summed E-state index contributed by atoms with van der Waals surface area (Å²) in [7, 11) is 4.76. The molecule has 34 heavy (non-hydrogen) atoms. The number of carbonyl (C=O) groups is 1. The van der Waals surface area contributed by atoms with Gasteiger partial charge in [-0.1, -0.05) is 19.3 Å². The van der Waals surface area contributed by atoms with Crippen LogP contribution in [0.15, 0.2) is 6.07 Å². The summed E-state index contributed by atoms with van der Waals surface area (Å²) in [5.41, 5.74) is 6.24. The Morgan fingerprint density at radius 1 is 1.18 bits per heavy atom. The summed E-state index contributed by atoms with van der Waals surface area (Å²) in [6.45, 7) is 2.24. The van der Waals surface area contributed by atoms with Crippen LogP contribution in [0.25, 0.3) is 10.9 Å². The molecule has 0 spiro atoms. The lowest BCUT2D eigenvalue weighted by atomic mass is 9.82. The number of nitrogens with zero attached hydrogens (tertiary/aromatic N) is 4. The van der Waals surface area contributed by atoms with Gasteiger partial charge >= 0.3 is 0 Å². The monoisotopic (exact) mass is 474 g/mol. The van der Waals surface area contributed by atoms with Gasteiger partial charge in [0, 0.05) is 44.0 Å². The molecule has 1 saturated carbocycles. The fourth-order valence-corrected chi connectivity index (χ4v) is 5.19. The van der Waals surface area contributed by atoms with Crippen molar-refractivity contribution in [2.75, 3.05) is 58.1 Å². The van der Waals surface area contributed by atoms with Crippen molar-refractivity contribution in [2.24, 2.45) is 5.92 Å². The minimum absolute atomic E-state index is 0.0217. The Kier molecular flexibility index (Phi) is 7.55. The Morgan fingerprint density at radius 3 is 2.50 bits per heavy atom. The average molecular weight is 475 g/mol. The molecule has 0 bridgehead atoms. The van der Waals surface area contributed by atoms with Gasteiger partial charge in [-0.2, -0.15) is 4.98 Å². The van der Waals surface area contributed by atoms with E-state index in [1.165, 1.54) is 46.3 Å². The maximum absolute atomic E-state index is 15.1. The molecule has 2 heterocycles. The number of halogens is 1. The largest absolute Gasteiger partial charge is 0.493 e. The van der Waals surface area contributed by atoms with Crippen molar-refractivity contribution in [2.45, 2.75) is 44.6 Å². The van der Waals surface area contributed by atoms with Crippen molar-refractivity contribution in [3.8, 4) is 11.5 Å². The zero-order valence-corrected chi connectivity index (χ0v) is 20.3. The lowest BCUT2D eigenvalue weighted by Crippen LogP contribution is -2.51. The summed E-state index contributed by atoms with van der Waals surface area (Å²) in [4.78, 5) is 25.7. The third kappa shape index (κ3) is 4.82. The van der Waals surface area contributed by atoms with E-state index in [1.807, 2.05) is 16.8 Å². The van der Waals surface area contributed by atoms with E-state index in [1.54, 1.807) is 6.07 Å². The van der Waals surface area contributed by atoms with Crippen LogP contribution in [0.5, 0.6) is 11.5 Å². The highest BCUT2D eigenvalue weighted by molar-refractivity contribution is 5.92. The molecule has 3 N–H and O–H groups in total. The summed E-state index contributed by atoms with van der Waals surface area (Å²) in [5, 5.41) is 3.74. The molecule has 1 amide bonds. The Bertz CT molecular complexity index is 1020. The number of ether oxygens (including phenoxy) is 2. The third-order valence-corrected chi connectivity index (χ3v) is 7.19. The average Bonchev–Trinajstić information content (AvgIpc) is 2.87. The topological polar surface area (TPSA) is 106 Å². The number of hydrogen-bond donors (Lipinski definition) is 2. The van der Waals surface area contributed by atoms with E-state index >= 15 is 4.39 Å². The Labute approximate surface area is 199 Å². The van der Waals surface area contributed by atoms with Crippen molar-refractivity contribution in [3.63, 3.8) is 0 Å². The van der Waals surface area contributed by atoms with Gasteiger partial charge < -0.3 is 30.3 Å². The second-order valence-corrected chi connectivity index (χ2v) is 9.10. The van der Waals surface area contributed by atoms with Crippen molar-refractivity contribution in [3.05, 3.63) is 11.9 Å². The standard InChI is InChI=1S/C24H35FN6O3/c1-27-17(15-7-5-4-6-8-15)14-19(32)30-9-11-31(12-10-30)24-28-21-16(23(26)29-24)13-18(33-2)22(34-3)20(21)25/h13,15,17,27H,4-12,14H2,1-3H3,(H2,26,28,29). The molecular formula is C24H35FN6O3. The smallest absolute Gasteiger partial charge is 0.228 e. The Morgan fingerprint density at radius 2 is 1.88 bits per heavy atom. The second kappa shape index (κ2) is 10.6. The minimum atomic E-state index is -0.637. The molecule has 2 aliphatic rings. The molecule has 10 heteroatoms. The van der Waals surface area contributed by atoms with E-state index < -0.39 is 5.82 Å². The first-order valence-electron chi connectivity index (χ1n) is 12.0. The molecule has 2 fully saturated rings. The maximum atomic E-state index is 15.1. The lowest BCUT2D eigenvalue weighted by molar-refractivity contribution is -0.132. The van der Waals surface area contributed by atoms with Gasteiger partial charge in [-0.15, -0.1) is 0 Å². The molecule has 9 nitrogen and oxygen atoms in total. The van der Waals surface area contributed by atoms with Crippen molar-refractivity contribution < 1.29 is 18.7 Å². The molecule has 1 aliphatic carbocycles. The number of anilines is 2. The molecule has 1 aliphatic heterocycles. The number of nitrogen functional groups attached to an aromatic ring is 1.